The van der Waals surface area contributed by atoms with E-state index in [1.165, 1.54) is 6.07 Å². The van der Waals surface area contributed by atoms with Crippen molar-refractivity contribution in [2.75, 3.05) is 26.2 Å². The van der Waals surface area contributed by atoms with Gasteiger partial charge < -0.3 is 10.1 Å². The number of nitrogens with one attached hydrogen (secondary N) is 1. The van der Waals surface area contributed by atoms with E-state index in [0.29, 0.717) is 30.3 Å². The molecule has 1 aliphatic heterocycles. The van der Waals surface area contributed by atoms with E-state index >= 15 is 0 Å². The monoisotopic (exact) mass is 370 g/mol. The van der Waals surface area contributed by atoms with Gasteiger partial charge in [0.15, 0.2) is 0 Å². The summed E-state index contributed by atoms with van der Waals surface area (Å²) in [4.78, 5) is 14.4. The van der Waals surface area contributed by atoms with Gasteiger partial charge in [-0.1, -0.05) is 17.7 Å². The predicted molar refractivity (Wildman–Crippen MR) is 98.1 cm³/mol. The third-order valence-corrected chi connectivity index (χ3v) is 4.67. The van der Waals surface area contributed by atoms with Crippen LogP contribution in [0.2, 0.25) is 5.02 Å². The molecule has 0 saturated carbocycles. The smallest absolute Gasteiger partial charge is 0.223 e. The molecule has 0 atom stereocenters. The zero-order valence-electron chi connectivity index (χ0n) is 15.1. The second-order valence-corrected chi connectivity index (χ2v) is 7.29. The van der Waals surface area contributed by atoms with Gasteiger partial charge in [0.25, 0.3) is 0 Å². The molecule has 140 valence electrons. The number of piperidine rings is 1. The maximum Gasteiger partial charge on any atom is 0.223 e. The SMILES string of the molecule is CC(C)OCCCNC(=O)C1CCN(Cc2ccc(Cl)cc2F)CC1. The van der Waals surface area contributed by atoms with Crippen molar-refractivity contribution in [3.63, 3.8) is 0 Å². The maximum atomic E-state index is 13.9. The molecule has 1 aromatic carbocycles. The van der Waals surface area contributed by atoms with Crippen LogP contribution in [0.25, 0.3) is 0 Å². The fourth-order valence-corrected chi connectivity index (χ4v) is 3.15. The van der Waals surface area contributed by atoms with Crippen LogP contribution in [0.5, 0.6) is 0 Å². The number of carbonyl (C=O) groups is 1. The summed E-state index contributed by atoms with van der Waals surface area (Å²) in [5.74, 6) is -0.0878. The first kappa shape index (κ1) is 20.1. The quantitative estimate of drug-likeness (QED) is 0.710. The molecule has 1 saturated heterocycles. The highest BCUT2D eigenvalue weighted by Gasteiger charge is 2.25. The lowest BCUT2D eigenvalue weighted by Crippen LogP contribution is -2.40. The predicted octanol–water partition coefficient (Wildman–Crippen LogP) is 3.62. The number of hydrogen-bond donors (Lipinski definition) is 1. The Bertz CT molecular complexity index is 560. The minimum Gasteiger partial charge on any atom is -0.379 e. The first-order valence-electron chi connectivity index (χ1n) is 9.01. The molecule has 25 heavy (non-hydrogen) atoms. The van der Waals surface area contributed by atoms with Crippen molar-refractivity contribution in [1.29, 1.82) is 0 Å². The van der Waals surface area contributed by atoms with Gasteiger partial charge in [-0.05, 0) is 58.3 Å². The summed E-state index contributed by atoms with van der Waals surface area (Å²) >= 11 is 5.78. The van der Waals surface area contributed by atoms with Crippen LogP contribution in [0.3, 0.4) is 0 Å². The van der Waals surface area contributed by atoms with Gasteiger partial charge in [0.05, 0.1) is 6.10 Å². The van der Waals surface area contributed by atoms with E-state index in [1.807, 2.05) is 13.8 Å². The molecule has 0 radical (unpaired) electrons. The maximum absolute atomic E-state index is 13.9. The highest BCUT2D eigenvalue weighted by atomic mass is 35.5. The molecule has 1 aromatic rings. The van der Waals surface area contributed by atoms with E-state index in [2.05, 4.69) is 10.2 Å². The topological polar surface area (TPSA) is 41.6 Å². The van der Waals surface area contributed by atoms with Crippen LogP contribution >= 0.6 is 11.6 Å². The number of ether oxygens (including phenoxy) is 1. The molecule has 1 aliphatic rings. The lowest BCUT2D eigenvalue weighted by atomic mass is 9.95. The Morgan fingerprint density at radius 1 is 1.40 bits per heavy atom. The third-order valence-electron chi connectivity index (χ3n) is 4.44. The fraction of sp³-hybridized carbons (Fsp3) is 0.632. The van der Waals surface area contributed by atoms with Crippen molar-refractivity contribution < 1.29 is 13.9 Å². The van der Waals surface area contributed by atoms with Crippen LogP contribution in [-0.2, 0) is 16.1 Å². The van der Waals surface area contributed by atoms with Crippen molar-refractivity contribution in [3.05, 3.63) is 34.6 Å². The second-order valence-electron chi connectivity index (χ2n) is 6.85. The molecular weight excluding hydrogens is 343 g/mol. The van der Waals surface area contributed by atoms with Gasteiger partial charge in [0.1, 0.15) is 5.82 Å². The van der Waals surface area contributed by atoms with Crippen LogP contribution in [0.1, 0.15) is 38.7 Å². The Labute approximate surface area is 154 Å². The van der Waals surface area contributed by atoms with E-state index in [4.69, 9.17) is 16.3 Å². The molecule has 2 rings (SSSR count). The van der Waals surface area contributed by atoms with E-state index in [1.54, 1.807) is 12.1 Å². The van der Waals surface area contributed by atoms with Crippen LogP contribution < -0.4 is 5.32 Å². The van der Waals surface area contributed by atoms with Crippen LogP contribution in [0.15, 0.2) is 18.2 Å². The Morgan fingerprint density at radius 2 is 2.12 bits per heavy atom. The van der Waals surface area contributed by atoms with E-state index in [-0.39, 0.29) is 23.7 Å². The molecule has 4 nitrogen and oxygen atoms in total. The minimum atomic E-state index is -0.268. The van der Waals surface area contributed by atoms with E-state index in [9.17, 15) is 9.18 Å². The van der Waals surface area contributed by atoms with Gasteiger partial charge in [-0.15, -0.1) is 0 Å². The summed E-state index contributed by atoms with van der Waals surface area (Å²) in [6, 6.07) is 4.79. The van der Waals surface area contributed by atoms with Gasteiger partial charge >= 0.3 is 0 Å². The van der Waals surface area contributed by atoms with E-state index < -0.39 is 0 Å². The van der Waals surface area contributed by atoms with Gasteiger partial charge in [0.2, 0.25) is 5.91 Å². The molecule has 0 aromatic heterocycles. The minimum absolute atomic E-state index is 0.0531. The molecule has 1 fully saturated rings. The number of hydrogen-bond acceptors (Lipinski definition) is 3. The first-order valence-corrected chi connectivity index (χ1v) is 9.39. The van der Waals surface area contributed by atoms with Crippen molar-refractivity contribution in [3.8, 4) is 0 Å². The van der Waals surface area contributed by atoms with Gasteiger partial charge in [-0.2, -0.15) is 0 Å². The number of nitrogens with zero attached hydrogens (tertiary/aromatic N) is 1. The summed E-state index contributed by atoms with van der Waals surface area (Å²) < 4.78 is 19.3. The number of halogens is 2. The second kappa shape index (κ2) is 10.1. The van der Waals surface area contributed by atoms with Crippen LogP contribution in [-0.4, -0.2) is 43.2 Å². The van der Waals surface area contributed by atoms with Gasteiger partial charge in [-0.25, -0.2) is 4.39 Å². The van der Waals surface area contributed by atoms with E-state index in [0.717, 1.165) is 32.4 Å². The largest absolute Gasteiger partial charge is 0.379 e. The highest BCUT2D eigenvalue weighted by Crippen LogP contribution is 2.21. The summed E-state index contributed by atoms with van der Waals surface area (Å²) in [5.41, 5.74) is 0.650. The van der Waals surface area contributed by atoms with Crippen molar-refractivity contribution >= 4 is 17.5 Å². The van der Waals surface area contributed by atoms with Gasteiger partial charge in [-0.3, -0.25) is 9.69 Å². The number of benzene rings is 1. The molecule has 6 heteroatoms. The molecule has 0 aliphatic carbocycles. The normalized spacial score (nSPS) is 16.4. The molecule has 0 bridgehead atoms. The Morgan fingerprint density at radius 3 is 2.76 bits per heavy atom. The molecular formula is C19H28ClFN2O2. The Kier molecular flexibility index (Phi) is 8.13. The third kappa shape index (κ3) is 6.92. The first-order chi connectivity index (χ1) is 12.0. The zero-order valence-corrected chi connectivity index (χ0v) is 15.8. The number of amides is 1. The summed E-state index contributed by atoms with van der Waals surface area (Å²) in [5, 5.41) is 3.41. The Hall–Kier alpha value is -1.17. The Balaban J connectivity index is 1.67. The van der Waals surface area contributed by atoms with Crippen molar-refractivity contribution in [1.82, 2.24) is 10.2 Å². The van der Waals surface area contributed by atoms with Crippen molar-refractivity contribution in [2.45, 2.75) is 45.8 Å². The molecule has 1 heterocycles. The zero-order chi connectivity index (χ0) is 18.2. The summed E-state index contributed by atoms with van der Waals surface area (Å²) in [6.45, 7) is 7.49. The molecule has 1 N–H and O–H groups in total. The van der Waals surface area contributed by atoms with Gasteiger partial charge in [0, 0.05) is 36.2 Å². The molecule has 0 unspecified atom stereocenters. The number of carbonyl (C=O) groups excluding carboxylic acids is 1. The van der Waals surface area contributed by atoms with Crippen LogP contribution in [0.4, 0.5) is 4.39 Å². The highest BCUT2D eigenvalue weighted by molar-refractivity contribution is 6.30. The summed E-state index contributed by atoms with van der Waals surface area (Å²) in [7, 11) is 0. The number of rotatable bonds is 8. The number of likely N-dealkylation sites (tertiary alicyclic amines) is 1. The molecule has 0 spiro atoms. The lowest BCUT2D eigenvalue weighted by Gasteiger charge is -2.31. The summed E-state index contributed by atoms with van der Waals surface area (Å²) in [6.07, 6.45) is 2.68. The lowest BCUT2D eigenvalue weighted by molar-refractivity contribution is -0.126. The average Bonchev–Trinajstić information content (AvgIpc) is 2.57. The average molecular weight is 371 g/mol. The fourth-order valence-electron chi connectivity index (χ4n) is 2.99. The van der Waals surface area contributed by atoms with Crippen molar-refractivity contribution in [2.24, 2.45) is 5.92 Å². The van der Waals surface area contributed by atoms with Crippen LogP contribution in [0, 0.1) is 11.7 Å². The molecule has 1 amide bonds. The standard InChI is InChI=1S/C19H28ClFN2O2/c1-14(2)25-11-3-8-22-19(24)15-6-9-23(10-7-15)13-16-4-5-17(20)12-18(16)21/h4-5,12,14-15H,3,6-11,13H2,1-2H3,(H,22,24).